The Morgan fingerprint density at radius 1 is 1.42 bits per heavy atom. The van der Waals surface area contributed by atoms with E-state index in [9.17, 15) is 4.39 Å². The summed E-state index contributed by atoms with van der Waals surface area (Å²) in [7, 11) is 0. The van der Waals surface area contributed by atoms with E-state index in [1.807, 2.05) is 0 Å². The van der Waals surface area contributed by atoms with Gasteiger partial charge in [-0.3, -0.25) is 0 Å². The smallest absolute Gasteiger partial charge is 0.124 e. The second kappa shape index (κ2) is 5.31. The first kappa shape index (κ1) is 12.6. The largest absolute Gasteiger partial charge is 0.342 e. The second-order valence-electron chi connectivity index (χ2n) is 4.85. The molecule has 0 bridgehead atoms. The van der Waals surface area contributed by atoms with Crippen molar-refractivity contribution in [3.63, 3.8) is 0 Å². The van der Waals surface area contributed by atoms with Crippen molar-refractivity contribution >= 4 is 11.6 Å². The molecule has 0 unspecified atom stereocenters. The van der Waals surface area contributed by atoms with Crippen molar-refractivity contribution < 1.29 is 4.39 Å². The maximum atomic E-state index is 13.0. The fourth-order valence-corrected chi connectivity index (χ4v) is 2.29. The van der Waals surface area contributed by atoms with Crippen molar-refractivity contribution in [2.45, 2.75) is 25.3 Å². The van der Waals surface area contributed by atoms with Crippen LogP contribution in [0.1, 0.15) is 18.7 Å². The van der Waals surface area contributed by atoms with Gasteiger partial charge in [0, 0.05) is 24.6 Å². The van der Waals surface area contributed by atoms with Crippen LogP contribution in [0.5, 0.6) is 0 Å². The highest BCUT2D eigenvalue weighted by atomic mass is 35.5. The first-order chi connectivity index (χ1) is 9.22. The summed E-state index contributed by atoms with van der Waals surface area (Å²) in [6.45, 7) is 0.925. The Morgan fingerprint density at radius 2 is 2.26 bits per heavy atom. The van der Waals surface area contributed by atoms with Gasteiger partial charge in [0.2, 0.25) is 0 Å². The van der Waals surface area contributed by atoms with Gasteiger partial charge in [-0.05, 0) is 31.0 Å². The van der Waals surface area contributed by atoms with E-state index >= 15 is 0 Å². The van der Waals surface area contributed by atoms with Gasteiger partial charge >= 0.3 is 0 Å². The first-order valence-corrected chi connectivity index (χ1v) is 6.83. The highest BCUT2D eigenvalue weighted by Gasteiger charge is 2.19. The Labute approximate surface area is 116 Å². The van der Waals surface area contributed by atoms with Crippen LogP contribution in [0, 0.1) is 5.82 Å². The molecule has 1 saturated carbocycles. The van der Waals surface area contributed by atoms with Gasteiger partial charge in [-0.2, -0.15) is 0 Å². The van der Waals surface area contributed by atoms with Gasteiger partial charge in [0.25, 0.3) is 0 Å². The summed E-state index contributed by atoms with van der Waals surface area (Å²) in [5.41, 5.74) is 1.60. The van der Waals surface area contributed by atoms with Crippen molar-refractivity contribution in [2.24, 2.45) is 0 Å². The molecular weight excluding hydrogens is 265 g/mol. The lowest BCUT2D eigenvalue weighted by Crippen LogP contribution is -2.19. The molecule has 0 saturated heterocycles. The molecule has 100 valence electrons. The van der Waals surface area contributed by atoms with Crippen LogP contribution in [0.25, 0.3) is 11.3 Å². The number of aromatic nitrogens is 2. The molecule has 1 aromatic carbocycles. The number of aromatic amines is 1. The Kier molecular flexibility index (Phi) is 3.53. The van der Waals surface area contributed by atoms with Crippen LogP contribution >= 0.6 is 11.6 Å². The third-order valence-electron chi connectivity index (χ3n) is 3.22. The number of hydrogen-bond acceptors (Lipinski definition) is 2. The van der Waals surface area contributed by atoms with Crippen molar-refractivity contribution in [3.05, 3.63) is 41.1 Å². The number of imidazole rings is 1. The fourth-order valence-electron chi connectivity index (χ4n) is 2.02. The molecule has 1 aliphatic rings. The second-order valence-corrected chi connectivity index (χ2v) is 5.25. The third-order valence-corrected chi connectivity index (χ3v) is 3.53. The van der Waals surface area contributed by atoms with Crippen LogP contribution in [0.15, 0.2) is 24.4 Å². The summed E-state index contributed by atoms with van der Waals surface area (Å²) < 4.78 is 13.0. The van der Waals surface area contributed by atoms with Crippen molar-refractivity contribution in [1.82, 2.24) is 15.3 Å². The number of benzene rings is 1. The molecule has 1 aromatic heterocycles. The average molecular weight is 280 g/mol. The number of halogens is 2. The lowest BCUT2D eigenvalue weighted by atomic mass is 10.2. The molecule has 0 amide bonds. The van der Waals surface area contributed by atoms with E-state index in [0.717, 1.165) is 30.0 Å². The van der Waals surface area contributed by atoms with Gasteiger partial charge in [-0.25, -0.2) is 9.37 Å². The minimum absolute atomic E-state index is 0.331. The van der Waals surface area contributed by atoms with Crippen molar-refractivity contribution in [1.29, 1.82) is 0 Å². The molecular formula is C14H15ClFN3. The van der Waals surface area contributed by atoms with E-state index in [1.165, 1.54) is 25.0 Å². The topological polar surface area (TPSA) is 40.7 Å². The molecule has 1 aliphatic carbocycles. The van der Waals surface area contributed by atoms with Gasteiger partial charge in [-0.1, -0.05) is 11.6 Å². The lowest BCUT2D eigenvalue weighted by molar-refractivity contribution is 0.628. The van der Waals surface area contributed by atoms with Gasteiger partial charge in [0.15, 0.2) is 0 Å². The molecule has 3 rings (SSSR count). The molecule has 1 heterocycles. The number of nitrogens with one attached hydrogen (secondary N) is 2. The average Bonchev–Trinajstić information content (AvgIpc) is 3.07. The lowest BCUT2D eigenvalue weighted by Gasteiger charge is -2.02. The van der Waals surface area contributed by atoms with E-state index in [4.69, 9.17) is 11.6 Å². The van der Waals surface area contributed by atoms with Crippen molar-refractivity contribution in [2.75, 3.05) is 6.54 Å². The molecule has 0 aliphatic heterocycles. The molecule has 0 radical (unpaired) electrons. The maximum Gasteiger partial charge on any atom is 0.124 e. The molecule has 19 heavy (non-hydrogen) atoms. The molecule has 2 N–H and O–H groups in total. The summed E-state index contributed by atoms with van der Waals surface area (Å²) in [5.74, 6) is 0.589. The Hall–Kier alpha value is -1.39. The number of nitrogens with zero attached hydrogens (tertiary/aromatic N) is 1. The van der Waals surface area contributed by atoms with Crippen LogP contribution in [0.2, 0.25) is 5.02 Å². The van der Waals surface area contributed by atoms with Crippen molar-refractivity contribution in [3.8, 4) is 11.3 Å². The van der Waals surface area contributed by atoms with E-state index in [0.29, 0.717) is 11.1 Å². The summed E-state index contributed by atoms with van der Waals surface area (Å²) in [6, 6.07) is 5.08. The summed E-state index contributed by atoms with van der Waals surface area (Å²) >= 11 is 6.03. The summed E-state index contributed by atoms with van der Waals surface area (Å²) in [4.78, 5) is 7.55. The van der Waals surface area contributed by atoms with Crippen LogP contribution in [-0.2, 0) is 6.42 Å². The zero-order chi connectivity index (χ0) is 13.2. The third kappa shape index (κ3) is 3.14. The van der Waals surface area contributed by atoms with E-state index in [1.54, 1.807) is 12.3 Å². The van der Waals surface area contributed by atoms with E-state index in [-0.39, 0.29) is 5.82 Å². The Balaban J connectivity index is 1.68. The zero-order valence-electron chi connectivity index (χ0n) is 10.4. The van der Waals surface area contributed by atoms with Crippen LogP contribution in [-0.4, -0.2) is 22.6 Å². The SMILES string of the molecule is Fc1ccc(-c2cnc(CCNC3CC3)[nH]2)c(Cl)c1. The number of rotatable bonds is 5. The monoisotopic (exact) mass is 279 g/mol. The highest BCUT2D eigenvalue weighted by molar-refractivity contribution is 6.33. The minimum atomic E-state index is -0.331. The molecule has 0 spiro atoms. The van der Waals surface area contributed by atoms with E-state index < -0.39 is 0 Å². The predicted molar refractivity (Wildman–Crippen MR) is 73.7 cm³/mol. The van der Waals surface area contributed by atoms with Gasteiger partial charge in [0.1, 0.15) is 11.6 Å². The van der Waals surface area contributed by atoms with Crippen LogP contribution < -0.4 is 5.32 Å². The van der Waals surface area contributed by atoms with Gasteiger partial charge < -0.3 is 10.3 Å². The standard InChI is InChI=1S/C14H15ClFN3/c15-12-7-9(16)1-4-11(12)13-8-18-14(19-13)5-6-17-10-2-3-10/h1,4,7-8,10,17H,2-3,5-6H2,(H,18,19). The highest BCUT2D eigenvalue weighted by Crippen LogP contribution is 2.27. The maximum absolute atomic E-state index is 13.0. The first-order valence-electron chi connectivity index (χ1n) is 6.45. The molecule has 3 nitrogen and oxygen atoms in total. The molecule has 0 atom stereocenters. The van der Waals surface area contributed by atoms with Crippen LogP contribution in [0.4, 0.5) is 4.39 Å². The Bertz CT molecular complexity index is 578. The normalized spacial score (nSPS) is 14.8. The number of H-pyrrole nitrogens is 1. The fraction of sp³-hybridized carbons (Fsp3) is 0.357. The molecule has 5 heteroatoms. The summed E-state index contributed by atoms with van der Waals surface area (Å²) in [6.07, 6.45) is 5.17. The molecule has 2 aromatic rings. The quantitative estimate of drug-likeness (QED) is 0.883. The number of hydrogen-bond donors (Lipinski definition) is 2. The zero-order valence-corrected chi connectivity index (χ0v) is 11.2. The summed E-state index contributed by atoms with van der Waals surface area (Å²) in [5, 5.41) is 3.83. The van der Waals surface area contributed by atoms with Gasteiger partial charge in [0.05, 0.1) is 16.9 Å². The van der Waals surface area contributed by atoms with Crippen LogP contribution in [0.3, 0.4) is 0 Å². The Morgan fingerprint density at radius 3 is 3.00 bits per heavy atom. The van der Waals surface area contributed by atoms with Gasteiger partial charge in [-0.15, -0.1) is 0 Å². The van der Waals surface area contributed by atoms with E-state index in [2.05, 4.69) is 15.3 Å². The predicted octanol–water partition coefficient (Wildman–Crippen LogP) is 3.16. The molecule has 1 fully saturated rings. The minimum Gasteiger partial charge on any atom is -0.342 e.